The molecule has 0 atom stereocenters. The molecule has 4 rings (SSSR count). The quantitative estimate of drug-likeness (QED) is 0.691. The van der Waals surface area contributed by atoms with Gasteiger partial charge in [-0.3, -0.25) is 4.90 Å². The lowest BCUT2D eigenvalue weighted by atomic mass is 10.2. The second-order valence-electron chi connectivity index (χ2n) is 6.84. The number of para-hydroxylation sites is 1. The van der Waals surface area contributed by atoms with Crippen LogP contribution in [-0.4, -0.2) is 41.9 Å². The highest BCUT2D eigenvalue weighted by molar-refractivity contribution is 5.36. The minimum atomic E-state index is 0.503. The molecule has 0 bridgehead atoms. The van der Waals surface area contributed by atoms with E-state index < -0.39 is 0 Å². The van der Waals surface area contributed by atoms with Gasteiger partial charge < -0.3 is 0 Å². The SMILES string of the molecule is Cc1nn(-c2ccccc2)c(C)c1CN(C)Cc1nnnn1C1CC1. The van der Waals surface area contributed by atoms with E-state index in [-0.39, 0.29) is 0 Å². The topological polar surface area (TPSA) is 64.7 Å². The molecule has 0 unspecified atom stereocenters. The Morgan fingerprint density at radius 3 is 2.60 bits per heavy atom. The van der Waals surface area contributed by atoms with Gasteiger partial charge in [-0.2, -0.15) is 5.10 Å². The zero-order valence-corrected chi connectivity index (χ0v) is 14.9. The van der Waals surface area contributed by atoms with Gasteiger partial charge in [0, 0.05) is 17.8 Å². The summed E-state index contributed by atoms with van der Waals surface area (Å²) in [5, 5.41) is 16.9. The van der Waals surface area contributed by atoms with Gasteiger partial charge in [0.1, 0.15) is 0 Å². The van der Waals surface area contributed by atoms with E-state index in [2.05, 4.69) is 53.5 Å². The third-order valence-electron chi connectivity index (χ3n) is 4.74. The Morgan fingerprint density at radius 1 is 1.12 bits per heavy atom. The molecule has 0 spiro atoms. The number of aromatic nitrogens is 6. The van der Waals surface area contributed by atoms with Crippen LogP contribution >= 0.6 is 0 Å². The van der Waals surface area contributed by atoms with Gasteiger partial charge >= 0.3 is 0 Å². The third kappa shape index (κ3) is 3.19. The molecular weight excluding hydrogens is 314 g/mol. The van der Waals surface area contributed by atoms with Gasteiger partial charge in [-0.1, -0.05) is 18.2 Å². The van der Waals surface area contributed by atoms with Gasteiger partial charge in [0.05, 0.1) is 24.0 Å². The maximum absolute atomic E-state index is 4.73. The van der Waals surface area contributed by atoms with Crippen molar-refractivity contribution in [2.45, 2.75) is 45.8 Å². The standard InChI is InChI=1S/C18H23N7/c1-13-17(14(2)24(20-13)15-7-5-4-6-8-15)11-23(3)12-18-19-21-22-25(18)16-9-10-16/h4-8,16H,9-12H2,1-3H3. The summed E-state index contributed by atoms with van der Waals surface area (Å²) in [6, 6.07) is 10.8. The van der Waals surface area contributed by atoms with Crippen molar-refractivity contribution in [2.24, 2.45) is 0 Å². The van der Waals surface area contributed by atoms with E-state index in [1.807, 2.05) is 27.6 Å². The van der Waals surface area contributed by atoms with Gasteiger partial charge in [0.15, 0.2) is 5.82 Å². The molecule has 0 N–H and O–H groups in total. The van der Waals surface area contributed by atoms with Crippen LogP contribution in [0.3, 0.4) is 0 Å². The molecule has 3 aromatic rings. The van der Waals surface area contributed by atoms with E-state index in [0.717, 1.165) is 30.3 Å². The van der Waals surface area contributed by atoms with E-state index >= 15 is 0 Å². The minimum absolute atomic E-state index is 0.503. The average Bonchev–Trinajstić information content (AvgIpc) is 3.30. The van der Waals surface area contributed by atoms with Crippen LogP contribution in [0.1, 0.15) is 41.7 Å². The lowest BCUT2D eigenvalue weighted by Crippen LogP contribution is -2.21. The Balaban J connectivity index is 1.52. The molecule has 7 nitrogen and oxygen atoms in total. The van der Waals surface area contributed by atoms with Gasteiger partial charge in [0.2, 0.25) is 0 Å². The van der Waals surface area contributed by atoms with Crippen molar-refractivity contribution >= 4 is 0 Å². The van der Waals surface area contributed by atoms with Crippen LogP contribution in [0.4, 0.5) is 0 Å². The molecule has 0 amide bonds. The van der Waals surface area contributed by atoms with E-state index in [4.69, 9.17) is 5.10 Å². The number of tetrazole rings is 1. The smallest absolute Gasteiger partial charge is 0.165 e. The Labute approximate surface area is 147 Å². The zero-order valence-electron chi connectivity index (χ0n) is 14.9. The van der Waals surface area contributed by atoms with Crippen molar-refractivity contribution in [3.05, 3.63) is 53.1 Å². The third-order valence-corrected chi connectivity index (χ3v) is 4.74. The van der Waals surface area contributed by atoms with Crippen molar-refractivity contribution in [3.63, 3.8) is 0 Å². The predicted octanol–water partition coefficient (Wildman–Crippen LogP) is 2.44. The highest BCUT2D eigenvalue weighted by Crippen LogP contribution is 2.34. The van der Waals surface area contributed by atoms with E-state index in [0.29, 0.717) is 6.04 Å². The van der Waals surface area contributed by atoms with Crippen LogP contribution in [0.5, 0.6) is 0 Å². The van der Waals surface area contributed by atoms with Crippen LogP contribution in [0.2, 0.25) is 0 Å². The largest absolute Gasteiger partial charge is 0.295 e. The number of hydrogen-bond acceptors (Lipinski definition) is 5. The number of rotatable bonds is 6. The van der Waals surface area contributed by atoms with E-state index in [1.165, 1.54) is 24.1 Å². The minimum Gasteiger partial charge on any atom is -0.295 e. The summed E-state index contributed by atoms with van der Waals surface area (Å²) in [5.41, 5.74) is 4.60. The highest BCUT2D eigenvalue weighted by Gasteiger charge is 2.28. The summed E-state index contributed by atoms with van der Waals surface area (Å²) in [5.74, 6) is 0.941. The van der Waals surface area contributed by atoms with Crippen molar-refractivity contribution in [1.82, 2.24) is 34.9 Å². The van der Waals surface area contributed by atoms with Crippen LogP contribution in [0.15, 0.2) is 30.3 Å². The van der Waals surface area contributed by atoms with Crippen LogP contribution < -0.4 is 0 Å². The highest BCUT2D eigenvalue weighted by atomic mass is 15.6. The molecule has 1 aliphatic carbocycles. The maximum Gasteiger partial charge on any atom is 0.165 e. The molecule has 1 aromatic carbocycles. The van der Waals surface area contributed by atoms with Crippen molar-refractivity contribution in [2.75, 3.05) is 7.05 Å². The first kappa shape index (κ1) is 16.0. The molecule has 0 saturated heterocycles. The number of nitrogens with zero attached hydrogens (tertiary/aromatic N) is 7. The second kappa shape index (κ2) is 6.40. The van der Waals surface area contributed by atoms with Gasteiger partial charge in [-0.25, -0.2) is 9.36 Å². The fourth-order valence-corrected chi connectivity index (χ4v) is 3.21. The van der Waals surface area contributed by atoms with Crippen LogP contribution in [0.25, 0.3) is 5.69 Å². The average molecular weight is 337 g/mol. The lowest BCUT2D eigenvalue weighted by molar-refractivity contribution is 0.301. The Kier molecular flexibility index (Phi) is 4.09. The predicted molar refractivity (Wildman–Crippen MR) is 94.3 cm³/mol. The molecular formula is C18H23N7. The van der Waals surface area contributed by atoms with Crippen molar-refractivity contribution in [1.29, 1.82) is 0 Å². The number of benzene rings is 1. The lowest BCUT2D eigenvalue weighted by Gasteiger charge is -2.16. The molecule has 0 radical (unpaired) electrons. The summed E-state index contributed by atoms with van der Waals surface area (Å²) >= 11 is 0. The Morgan fingerprint density at radius 2 is 1.88 bits per heavy atom. The van der Waals surface area contributed by atoms with Crippen LogP contribution in [0, 0.1) is 13.8 Å². The van der Waals surface area contributed by atoms with Gasteiger partial charge in [-0.15, -0.1) is 5.10 Å². The van der Waals surface area contributed by atoms with Crippen molar-refractivity contribution in [3.8, 4) is 5.69 Å². The van der Waals surface area contributed by atoms with Gasteiger partial charge in [0.25, 0.3) is 0 Å². The summed E-state index contributed by atoms with van der Waals surface area (Å²) in [4.78, 5) is 2.25. The van der Waals surface area contributed by atoms with E-state index in [1.54, 1.807) is 0 Å². The number of hydrogen-bond donors (Lipinski definition) is 0. The Bertz CT molecular complexity index is 861. The summed E-state index contributed by atoms with van der Waals surface area (Å²) in [7, 11) is 2.10. The van der Waals surface area contributed by atoms with Gasteiger partial charge in [-0.05, 0) is 56.3 Å². The normalized spacial score (nSPS) is 14.4. The number of aryl methyl sites for hydroxylation is 1. The fourth-order valence-electron chi connectivity index (χ4n) is 3.21. The van der Waals surface area contributed by atoms with Crippen LogP contribution in [-0.2, 0) is 13.1 Å². The first-order chi connectivity index (χ1) is 12.1. The molecule has 1 fully saturated rings. The fraction of sp³-hybridized carbons (Fsp3) is 0.444. The first-order valence-electron chi connectivity index (χ1n) is 8.69. The van der Waals surface area contributed by atoms with E-state index in [9.17, 15) is 0 Å². The molecule has 7 heteroatoms. The summed E-state index contributed by atoms with van der Waals surface area (Å²) in [6.45, 7) is 5.76. The molecule has 1 saturated carbocycles. The molecule has 1 aliphatic rings. The first-order valence-corrected chi connectivity index (χ1v) is 8.69. The second-order valence-corrected chi connectivity index (χ2v) is 6.84. The summed E-state index contributed by atoms with van der Waals surface area (Å²) < 4.78 is 4.00. The molecule has 0 aliphatic heterocycles. The zero-order chi connectivity index (χ0) is 17.4. The molecule has 25 heavy (non-hydrogen) atoms. The molecule has 2 heterocycles. The molecule has 130 valence electrons. The monoisotopic (exact) mass is 337 g/mol. The maximum atomic E-state index is 4.73. The molecule has 2 aromatic heterocycles. The summed E-state index contributed by atoms with van der Waals surface area (Å²) in [6.07, 6.45) is 2.37. The van der Waals surface area contributed by atoms with Crippen molar-refractivity contribution < 1.29 is 0 Å². The Hall–Kier alpha value is -2.54.